The highest BCUT2D eigenvalue weighted by atomic mass is 19.1. The fourth-order valence-electron chi connectivity index (χ4n) is 3.45. The molecule has 2 heterocycles. The molecular weight excluding hydrogens is 432 g/mol. The second-order valence-corrected chi connectivity index (χ2v) is 7.51. The van der Waals surface area contributed by atoms with Gasteiger partial charge in [0.05, 0.1) is 12.1 Å². The molecule has 2 aromatic carbocycles. The van der Waals surface area contributed by atoms with E-state index in [-0.39, 0.29) is 36.5 Å². The van der Waals surface area contributed by atoms with Crippen molar-refractivity contribution in [2.45, 2.75) is 33.1 Å². The van der Waals surface area contributed by atoms with Crippen LogP contribution in [0.15, 0.2) is 64.3 Å². The van der Waals surface area contributed by atoms with Gasteiger partial charge in [-0.2, -0.15) is 5.10 Å². The number of aryl methyl sites for hydroxylation is 1. The summed E-state index contributed by atoms with van der Waals surface area (Å²) in [7, 11) is 0. The molecule has 170 valence electrons. The fraction of sp³-hybridized carbons (Fsp3) is 0.217. The molecule has 0 saturated heterocycles. The van der Waals surface area contributed by atoms with Gasteiger partial charge in [-0.15, -0.1) is 0 Å². The predicted octanol–water partition coefficient (Wildman–Crippen LogP) is 2.02. The van der Waals surface area contributed by atoms with Crippen LogP contribution in [-0.2, 0) is 31.0 Å². The number of carbonyl (C=O) groups is 1. The first-order valence-corrected chi connectivity index (χ1v) is 10.3. The number of carbonyl (C=O) groups excluding carboxylic acids is 1. The van der Waals surface area contributed by atoms with Crippen molar-refractivity contribution in [1.82, 2.24) is 24.2 Å². The Morgan fingerprint density at radius 3 is 2.15 bits per heavy atom. The smallest absolute Gasteiger partial charge is 0.332 e. The number of benzene rings is 2. The summed E-state index contributed by atoms with van der Waals surface area (Å²) in [6.45, 7) is 2.03. The van der Waals surface area contributed by atoms with E-state index in [1.165, 1.54) is 45.6 Å². The lowest BCUT2D eigenvalue weighted by Crippen LogP contribution is -2.42. The molecule has 0 spiro atoms. The van der Waals surface area contributed by atoms with Crippen LogP contribution in [0.4, 0.5) is 8.78 Å². The highest BCUT2D eigenvalue weighted by Crippen LogP contribution is 2.09. The quantitative estimate of drug-likeness (QED) is 0.464. The van der Waals surface area contributed by atoms with Gasteiger partial charge in [0.2, 0.25) is 5.91 Å². The van der Waals surface area contributed by atoms with Crippen LogP contribution in [0.2, 0.25) is 0 Å². The second kappa shape index (κ2) is 9.19. The molecule has 0 saturated carbocycles. The minimum atomic E-state index is -0.676. The summed E-state index contributed by atoms with van der Waals surface area (Å²) in [4.78, 5) is 38.8. The molecule has 0 fully saturated rings. The van der Waals surface area contributed by atoms with Crippen molar-refractivity contribution >= 4 is 16.9 Å². The van der Waals surface area contributed by atoms with E-state index < -0.39 is 23.0 Å². The number of nitrogens with one attached hydrogen (secondary N) is 1. The molecule has 0 unspecified atom stereocenters. The minimum Gasteiger partial charge on any atom is -0.350 e. The van der Waals surface area contributed by atoms with Crippen LogP contribution in [0.5, 0.6) is 0 Å². The maximum Gasteiger partial charge on any atom is 0.332 e. The number of rotatable bonds is 7. The number of halogens is 2. The van der Waals surface area contributed by atoms with Crippen LogP contribution in [0, 0.1) is 11.6 Å². The summed E-state index contributed by atoms with van der Waals surface area (Å²) >= 11 is 0. The topological polar surface area (TPSA) is 90.9 Å². The molecule has 0 atom stereocenters. The summed E-state index contributed by atoms with van der Waals surface area (Å²) in [6, 6.07) is 11.1. The van der Waals surface area contributed by atoms with Crippen LogP contribution in [0.3, 0.4) is 0 Å². The third-order valence-electron chi connectivity index (χ3n) is 5.23. The molecule has 2 aromatic heterocycles. The first-order valence-electron chi connectivity index (χ1n) is 10.3. The Labute approximate surface area is 186 Å². The third kappa shape index (κ3) is 4.74. The van der Waals surface area contributed by atoms with E-state index in [1.54, 1.807) is 18.3 Å². The molecule has 0 aliphatic rings. The molecule has 4 aromatic rings. The Hall–Kier alpha value is -4.08. The lowest BCUT2D eigenvalue weighted by molar-refractivity contribution is -0.121. The van der Waals surface area contributed by atoms with Crippen LogP contribution >= 0.6 is 0 Å². The van der Waals surface area contributed by atoms with Crippen molar-refractivity contribution in [2.75, 3.05) is 0 Å². The van der Waals surface area contributed by atoms with Gasteiger partial charge in [-0.3, -0.25) is 23.4 Å². The van der Waals surface area contributed by atoms with Gasteiger partial charge in [0.1, 0.15) is 18.2 Å². The van der Waals surface area contributed by atoms with Gasteiger partial charge in [0.15, 0.2) is 5.52 Å². The molecule has 1 N–H and O–H groups in total. The molecule has 0 radical (unpaired) electrons. The van der Waals surface area contributed by atoms with Crippen molar-refractivity contribution < 1.29 is 13.6 Å². The monoisotopic (exact) mass is 453 g/mol. The average Bonchev–Trinajstić information content (AvgIpc) is 3.25. The maximum absolute atomic E-state index is 13.2. The van der Waals surface area contributed by atoms with Crippen molar-refractivity contribution in [2.24, 2.45) is 0 Å². The Morgan fingerprint density at radius 1 is 0.939 bits per heavy atom. The second-order valence-electron chi connectivity index (χ2n) is 7.51. The fourth-order valence-corrected chi connectivity index (χ4v) is 3.45. The molecule has 4 rings (SSSR count). The van der Waals surface area contributed by atoms with E-state index in [2.05, 4.69) is 10.4 Å². The number of nitrogens with zero attached hydrogens (tertiary/aromatic N) is 4. The average molecular weight is 453 g/mol. The van der Waals surface area contributed by atoms with E-state index >= 15 is 0 Å². The Morgan fingerprint density at radius 2 is 1.55 bits per heavy atom. The van der Waals surface area contributed by atoms with Crippen LogP contribution in [0.1, 0.15) is 18.1 Å². The lowest BCUT2D eigenvalue weighted by atomic mass is 10.2. The Bertz CT molecular complexity index is 1420. The van der Waals surface area contributed by atoms with E-state index in [0.29, 0.717) is 17.7 Å². The molecule has 10 heteroatoms. The van der Waals surface area contributed by atoms with Crippen LogP contribution in [-0.4, -0.2) is 24.8 Å². The zero-order valence-electron chi connectivity index (χ0n) is 17.8. The van der Waals surface area contributed by atoms with Gasteiger partial charge in [-0.05, 0) is 42.3 Å². The molecule has 33 heavy (non-hydrogen) atoms. The van der Waals surface area contributed by atoms with Gasteiger partial charge < -0.3 is 5.32 Å². The highest BCUT2D eigenvalue weighted by Gasteiger charge is 2.18. The minimum absolute atomic E-state index is 0.0601. The van der Waals surface area contributed by atoms with Crippen molar-refractivity contribution in [3.8, 4) is 0 Å². The van der Waals surface area contributed by atoms with E-state index in [9.17, 15) is 23.2 Å². The highest BCUT2D eigenvalue weighted by molar-refractivity contribution is 5.79. The molecule has 0 bridgehead atoms. The number of amides is 1. The first-order chi connectivity index (χ1) is 15.9. The van der Waals surface area contributed by atoms with Gasteiger partial charge in [-0.1, -0.05) is 24.3 Å². The normalized spacial score (nSPS) is 11.1. The Kier molecular flexibility index (Phi) is 6.16. The number of hydrogen-bond donors (Lipinski definition) is 1. The van der Waals surface area contributed by atoms with Crippen molar-refractivity contribution in [3.63, 3.8) is 0 Å². The molecular formula is C23H21F2N5O3. The van der Waals surface area contributed by atoms with Gasteiger partial charge in [0, 0.05) is 19.3 Å². The largest absolute Gasteiger partial charge is 0.350 e. The van der Waals surface area contributed by atoms with Crippen molar-refractivity contribution in [3.05, 3.63) is 98.3 Å². The number of fused-ring (bicyclic) bond motifs is 1. The first kappa shape index (κ1) is 22.1. The van der Waals surface area contributed by atoms with Gasteiger partial charge in [0.25, 0.3) is 5.56 Å². The number of aromatic nitrogens is 4. The lowest BCUT2D eigenvalue weighted by Gasteiger charge is -2.12. The molecule has 1 amide bonds. The van der Waals surface area contributed by atoms with Crippen LogP contribution in [0.25, 0.3) is 11.0 Å². The Balaban J connectivity index is 1.68. The van der Waals surface area contributed by atoms with Crippen molar-refractivity contribution in [1.29, 1.82) is 0 Å². The summed E-state index contributed by atoms with van der Waals surface area (Å²) in [5, 5.41) is 6.95. The van der Waals surface area contributed by atoms with Crippen LogP contribution < -0.4 is 16.6 Å². The summed E-state index contributed by atoms with van der Waals surface area (Å²) in [5.41, 5.74) is 0.294. The molecule has 0 aliphatic heterocycles. The van der Waals surface area contributed by atoms with Gasteiger partial charge >= 0.3 is 5.69 Å². The number of hydrogen-bond acceptors (Lipinski definition) is 4. The summed E-state index contributed by atoms with van der Waals surface area (Å²) in [6.07, 6.45) is 1.55. The zero-order valence-corrected chi connectivity index (χ0v) is 17.8. The van der Waals surface area contributed by atoms with E-state index in [0.717, 1.165) is 4.57 Å². The SMILES string of the molecule is CCn1cc2c(n1)c(=O)n(Cc1ccc(F)cc1)c(=O)n2CC(=O)NCc1ccc(F)cc1. The van der Waals surface area contributed by atoms with E-state index in [4.69, 9.17) is 0 Å². The molecule has 0 aliphatic carbocycles. The summed E-state index contributed by atoms with van der Waals surface area (Å²) in [5.74, 6) is -1.27. The molecule has 8 nitrogen and oxygen atoms in total. The van der Waals surface area contributed by atoms with Gasteiger partial charge in [-0.25, -0.2) is 13.6 Å². The third-order valence-corrected chi connectivity index (χ3v) is 5.23. The van der Waals surface area contributed by atoms with E-state index in [1.807, 2.05) is 6.92 Å². The predicted molar refractivity (Wildman–Crippen MR) is 118 cm³/mol. The zero-order chi connectivity index (χ0) is 23.5. The maximum atomic E-state index is 13.2. The standard InChI is InChI=1S/C23H21F2N5O3/c1-2-28-13-19-21(27-28)22(32)30(12-16-5-9-18(25)10-6-16)23(33)29(19)14-20(31)26-11-15-3-7-17(24)8-4-15/h3-10,13H,2,11-12,14H2,1H3,(H,26,31). The summed E-state index contributed by atoms with van der Waals surface area (Å²) < 4.78 is 30.0.